The average molecular weight is 1860 g/mol. The Morgan fingerprint density at radius 3 is 1.89 bits per heavy atom. The van der Waals surface area contributed by atoms with Crippen LogP contribution in [0.2, 0.25) is 10.0 Å². The fourth-order valence-electron chi connectivity index (χ4n) is 16.2. The second-order valence-electron chi connectivity index (χ2n) is 32.5. The highest BCUT2D eigenvalue weighted by atomic mass is 35.5. The number of methoxy groups -OCH3 is 1. The molecule has 8 aliphatic rings. The van der Waals surface area contributed by atoms with E-state index in [0.29, 0.717) is 44.5 Å². The number of nitrogens with two attached hydrogens (primary N) is 1. The van der Waals surface area contributed by atoms with Crippen molar-refractivity contribution in [3.8, 4) is 80.1 Å². The summed E-state index contributed by atoms with van der Waals surface area (Å²) in [5, 5.41) is 155. The molecule has 8 heterocycles. The van der Waals surface area contributed by atoms with Crippen LogP contribution < -0.4 is 82.6 Å². The Labute approximate surface area is 760 Å². The van der Waals surface area contributed by atoms with Gasteiger partial charge in [-0.05, 0) is 152 Å². The molecule has 0 radical (unpaired) electrons. The lowest BCUT2D eigenvalue weighted by atomic mass is 9.89. The standard InChI is InChI=1S/C90H105Cl2N11O28/c1-4-5-6-7-8-9-10-11-12-15-63(109)98-72-75(112)77(114)80(88(123)124-3)131-89(72)130-79-60-34-45-35-61(79)127-57-25-20-44(32-52(57)91)73(110)71-87(122)102-69(82(117)96-29-14-28-95-27-13-26-93)50-36-46(105)37-59(128-90-78(115)76(113)74(111)62(40-104)129-90)64(50)49-31-42(18-23-54(49)106)67(84(119)103-71)99-85(120)68(45)100-86(121)70-51-38-48(39-56(108)65(51)92)126-58-33-43(19-24-55(58)107)66(94-2)83(118)97-53(81(116)101-70)30-41-16-21-47(125-60)22-17-41/h16-25,31-39,53,62,66-78,80,89-90,94-95,104-108,110-115H,4-15,26-30,40,93H2,1-3H3,(H,96,117)(H,97,118)(H,98,109)(H,99,120)(H,100,121)(H,101,116)(H,102,122)(H,103,119)/t53-,62-,66+,67-,68-,69+,70+,71+,72-,73-,74-,75-,76+,77+,78+,80+,89-,90+/m1/s1. The quantitative estimate of drug-likeness (QED) is 0.0271. The van der Waals surface area contributed by atoms with Gasteiger partial charge in [0, 0.05) is 48.2 Å². The van der Waals surface area contributed by atoms with Crippen LogP contribution in [0.25, 0.3) is 11.1 Å². The molecular formula is C90H105Cl2N11O28. The van der Waals surface area contributed by atoms with Crippen LogP contribution in [-0.4, -0.2) is 230 Å². The summed E-state index contributed by atoms with van der Waals surface area (Å²) >= 11 is 14.4. The normalized spacial score (nSPS) is 25.4. The summed E-state index contributed by atoms with van der Waals surface area (Å²) in [6.07, 6.45) is -12.3. The van der Waals surface area contributed by atoms with Crippen LogP contribution in [-0.2, 0) is 63.8 Å². The van der Waals surface area contributed by atoms with E-state index in [4.69, 9.17) is 66.8 Å². The number of esters is 1. The van der Waals surface area contributed by atoms with Gasteiger partial charge in [-0.3, -0.25) is 38.4 Å². The van der Waals surface area contributed by atoms with Gasteiger partial charge in [-0.25, -0.2) is 4.79 Å². The molecule has 8 amide bonds. The number of fused-ring (bicyclic) bond motifs is 14. The lowest BCUT2D eigenvalue weighted by molar-refractivity contribution is -0.277. The van der Waals surface area contributed by atoms with Gasteiger partial charge in [0.15, 0.2) is 29.1 Å². The molecule has 39 nitrogen and oxygen atoms in total. The topological polar surface area (TPSA) is 596 Å². The highest BCUT2D eigenvalue weighted by molar-refractivity contribution is 6.33. The molecule has 23 N–H and O–H groups in total. The van der Waals surface area contributed by atoms with Crippen LogP contribution >= 0.6 is 23.2 Å². The smallest absolute Gasteiger partial charge is 0.337 e. The van der Waals surface area contributed by atoms with E-state index in [1.165, 1.54) is 55.6 Å². The van der Waals surface area contributed by atoms with Crippen LogP contribution in [0.3, 0.4) is 0 Å². The number of aromatic hydroxyl groups is 4. The van der Waals surface area contributed by atoms with E-state index in [-0.39, 0.29) is 47.8 Å². The molecule has 17 bridgehead atoms. The van der Waals surface area contributed by atoms with Gasteiger partial charge in [0.25, 0.3) is 0 Å². The Morgan fingerprint density at radius 1 is 0.542 bits per heavy atom. The molecule has 7 aromatic carbocycles. The lowest BCUT2D eigenvalue weighted by Gasteiger charge is -2.41. The van der Waals surface area contributed by atoms with E-state index in [1.807, 2.05) is 0 Å². The predicted octanol–water partition coefficient (Wildman–Crippen LogP) is 3.78. The number of phenols is 4. The zero-order valence-corrected chi connectivity index (χ0v) is 72.8. The maximum Gasteiger partial charge on any atom is 0.337 e. The first-order chi connectivity index (χ1) is 62.9. The third kappa shape index (κ3) is 22.3. The van der Waals surface area contributed by atoms with Crippen molar-refractivity contribution in [3.63, 3.8) is 0 Å². The Hall–Kier alpha value is -11.9. The summed E-state index contributed by atoms with van der Waals surface area (Å²) < 4.78 is 50.0. The van der Waals surface area contributed by atoms with Crippen molar-refractivity contribution in [2.45, 2.75) is 200 Å². The minimum absolute atomic E-state index is 0.119. The monoisotopic (exact) mass is 1860 g/mol. The van der Waals surface area contributed by atoms with Gasteiger partial charge < -0.3 is 153 Å². The van der Waals surface area contributed by atoms with Crippen LogP contribution in [0.4, 0.5) is 0 Å². The number of hydrogen-bond donors (Lipinski definition) is 22. The molecule has 18 atom stereocenters. The van der Waals surface area contributed by atoms with Gasteiger partial charge in [-0.2, -0.15) is 0 Å². The number of aliphatic hydroxyl groups is 7. The number of ether oxygens (including phenoxy) is 8. The Kier molecular flexibility index (Phi) is 32.0. The van der Waals surface area contributed by atoms with E-state index in [0.717, 1.165) is 119 Å². The number of phenolic OH excluding ortho intramolecular Hbond substituents is 4. The molecule has 41 heteroatoms. The van der Waals surface area contributed by atoms with Gasteiger partial charge in [0.05, 0.1) is 23.8 Å². The molecule has 0 aromatic heterocycles. The maximum absolute atomic E-state index is 16.9. The second-order valence-corrected chi connectivity index (χ2v) is 33.3. The number of nitrogens with one attached hydrogen (secondary N) is 10. The number of aliphatic hydroxyl groups excluding tert-OH is 7. The van der Waals surface area contributed by atoms with Gasteiger partial charge in [-0.1, -0.05) is 112 Å². The first kappa shape index (κ1) is 96.6. The minimum atomic E-state index is -2.44. The summed E-state index contributed by atoms with van der Waals surface area (Å²) in [6.45, 7) is 2.23. The summed E-state index contributed by atoms with van der Waals surface area (Å²) in [7, 11) is 2.40. The summed E-state index contributed by atoms with van der Waals surface area (Å²) in [5.41, 5.74) is 3.08. The average Bonchev–Trinajstić information content (AvgIpc) is 0.768. The molecule has 7 aromatic rings. The number of halogens is 2. The zero-order chi connectivity index (χ0) is 93.8. The second kappa shape index (κ2) is 43.4. The number of carbonyl (C=O) groups excluding carboxylic acids is 9. The summed E-state index contributed by atoms with van der Waals surface area (Å²) in [5.74, 6) is -17.2. The Bertz CT molecular complexity index is 5370. The molecule has 8 aliphatic heterocycles. The molecule has 131 heavy (non-hydrogen) atoms. The number of unbranched alkanes of at least 4 members (excludes halogenated alkanes) is 8. The molecule has 0 saturated carbocycles. The predicted molar refractivity (Wildman–Crippen MR) is 465 cm³/mol. The lowest BCUT2D eigenvalue weighted by Crippen LogP contribution is -2.66. The maximum atomic E-state index is 16.9. The number of likely N-dealkylation sites (N-methyl/N-ethyl adjacent to an activating group) is 1. The summed E-state index contributed by atoms with van der Waals surface area (Å²) in [6, 6.07) is 5.99. The fourth-order valence-corrected chi connectivity index (χ4v) is 16.7. The minimum Gasteiger partial charge on any atom is -0.508 e. The Morgan fingerprint density at radius 2 is 1.19 bits per heavy atom. The largest absolute Gasteiger partial charge is 0.508 e. The molecular weight excluding hydrogens is 1750 g/mol. The number of amides is 8. The highest BCUT2D eigenvalue weighted by Crippen LogP contribution is 2.51. The molecule has 702 valence electrons. The van der Waals surface area contributed by atoms with Gasteiger partial charge >= 0.3 is 5.97 Å². The highest BCUT2D eigenvalue weighted by Gasteiger charge is 2.52. The number of carbonyl (C=O) groups is 9. The van der Waals surface area contributed by atoms with Crippen molar-refractivity contribution in [3.05, 3.63) is 164 Å². The van der Waals surface area contributed by atoms with Crippen molar-refractivity contribution in [1.29, 1.82) is 0 Å². The van der Waals surface area contributed by atoms with Crippen molar-refractivity contribution in [2.75, 3.05) is 46.9 Å². The first-order valence-corrected chi connectivity index (χ1v) is 43.7. The van der Waals surface area contributed by atoms with Gasteiger partial charge in [0.1, 0.15) is 131 Å². The van der Waals surface area contributed by atoms with Crippen molar-refractivity contribution < 1.29 is 137 Å². The van der Waals surface area contributed by atoms with E-state index < -0.39 is 271 Å². The van der Waals surface area contributed by atoms with E-state index in [9.17, 15) is 70.6 Å². The molecule has 0 aliphatic carbocycles. The molecule has 2 fully saturated rings. The molecule has 0 spiro atoms. The van der Waals surface area contributed by atoms with Crippen LogP contribution in [0.15, 0.2) is 115 Å². The summed E-state index contributed by atoms with van der Waals surface area (Å²) in [4.78, 5) is 139. The third-order valence-electron chi connectivity index (χ3n) is 23.3. The third-order valence-corrected chi connectivity index (χ3v) is 24.0. The molecule has 2 saturated heterocycles. The first-order valence-electron chi connectivity index (χ1n) is 42.9. The zero-order valence-electron chi connectivity index (χ0n) is 71.3. The van der Waals surface area contributed by atoms with Crippen LogP contribution in [0.1, 0.15) is 159 Å². The van der Waals surface area contributed by atoms with Crippen LogP contribution in [0, 0.1) is 0 Å². The van der Waals surface area contributed by atoms with E-state index in [1.54, 1.807) is 0 Å². The number of benzene rings is 7. The van der Waals surface area contributed by atoms with Crippen LogP contribution in [0.5, 0.6) is 69.0 Å². The van der Waals surface area contributed by atoms with Crippen molar-refractivity contribution in [2.24, 2.45) is 5.73 Å². The Balaban J connectivity index is 1.04. The van der Waals surface area contributed by atoms with Crippen molar-refractivity contribution >= 4 is 76.4 Å². The molecule has 0 unspecified atom stereocenters. The molecule has 15 rings (SSSR count). The number of rotatable bonds is 26. The van der Waals surface area contributed by atoms with Crippen molar-refractivity contribution in [1.82, 2.24) is 53.2 Å². The fraction of sp³-hybridized carbons (Fsp3) is 0.433. The van der Waals surface area contributed by atoms with E-state index >= 15 is 28.8 Å². The van der Waals surface area contributed by atoms with E-state index in [2.05, 4.69) is 60.1 Å². The van der Waals surface area contributed by atoms with Gasteiger partial charge in [0.2, 0.25) is 65.6 Å². The van der Waals surface area contributed by atoms with Gasteiger partial charge in [-0.15, -0.1) is 0 Å². The number of hydrogen-bond acceptors (Lipinski definition) is 31. The SMILES string of the molecule is CCCCCCCCCCCC(=O)N[C@H]1[C@H](Oc2c3cc4cc2Oc2ccc(cc2Cl)[C@@H](O)[C@@H]2NC(=O)[C@H](NC(=O)[C@@H]4NC(=O)[C@H]4NC(=O)[C@@H](Cc5ccc(cc5)O3)NC(=O)[C@@H](NC)c3ccc(O)c(c3)Oc3cc(O)c(Cl)c4c3)c3ccc(O)c(c3)-c3c(O[C@H]4O[C@H](CO)[C@@H](O)[C@H](O)[C@@H]4O)cc(O)cc3[C@@H](C(=O)NCCCNCCCN)NC2=O)O[C@H](C(=O)OC)[C@@H](O)[C@@H]1O.